The second-order valence-electron chi connectivity index (χ2n) is 3.93. The molecule has 1 heterocycles. The number of anilines is 2. The molecule has 4 N–H and O–H groups in total. The quantitative estimate of drug-likeness (QED) is 0.351. The number of nitrogens with zero attached hydrogens (tertiary/aromatic N) is 3. The molecule has 1 aromatic rings. The predicted molar refractivity (Wildman–Crippen MR) is 70.6 cm³/mol. The first-order valence-electron chi connectivity index (χ1n) is 5.92. The second-order valence-corrected chi connectivity index (χ2v) is 3.93. The average Bonchev–Trinajstić information content (AvgIpc) is 2.42. The van der Waals surface area contributed by atoms with Gasteiger partial charge in [0.05, 0.1) is 7.11 Å². The molecular weight excluding hydrogens is 234 g/mol. The normalized spacial score (nSPS) is 10.2. The molecular formula is C11H21N5O2. The van der Waals surface area contributed by atoms with E-state index in [0.717, 1.165) is 25.8 Å². The third-order valence-corrected chi connectivity index (χ3v) is 2.64. The Labute approximate surface area is 107 Å². The number of ether oxygens (including phenoxy) is 1. The average molecular weight is 255 g/mol. The Morgan fingerprint density at radius 1 is 1.39 bits per heavy atom. The van der Waals surface area contributed by atoms with Crippen molar-refractivity contribution in [2.75, 3.05) is 37.6 Å². The molecule has 1 rings (SSSR count). The number of methoxy groups -OCH3 is 1. The van der Waals surface area contributed by atoms with Gasteiger partial charge in [-0.1, -0.05) is 0 Å². The minimum absolute atomic E-state index is 0.238. The van der Waals surface area contributed by atoms with Crippen LogP contribution in [0.3, 0.4) is 0 Å². The highest BCUT2D eigenvalue weighted by Gasteiger charge is 2.14. The highest BCUT2D eigenvalue weighted by atomic mass is 16.5. The van der Waals surface area contributed by atoms with Crippen LogP contribution in [0.2, 0.25) is 0 Å². The van der Waals surface area contributed by atoms with Gasteiger partial charge >= 0.3 is 0 Å². The molecule has 7 heteroatoms. The maximum Gasteiger partial charge on any atom is 0.205 e. The summed E-state index contributed by atoms with van der Waals surface area (Å²) in [6, 6.07) is 0. The molecule has 0 aliphatic rings. The lowest BCUT2D eigenvalue weighted by molar-refractivity contribution is 0.283. The summed E-state index contributed by atoms with van der Waals surface area (Å²) in [4.78, 5) is 10.2. The lowest BCUT2D eigenvalue weighted by Crippen LogP contribution is -2.22. The zero-order valence-electron chi connectivity index (χ0n) is 10.9. The Hall–Kier alpha value is -1.60. The molecule has 0 saturated carbocycles. The number of rotatable bonds is 8. The van der Waals surface area contributed by atoms with Crippen LogP contribution in [-0.2, 0) is 0 Å². The lowest BCUT2D eigenvalue weighted by Gasteiger charge is -2.21. The van der Waals surface area contributed by atoms with Crippen LogP contribution in [0.25, 0.3) is 0 Å². The molecule has 0 bridgehead atoms. The lowest BCUT2D eigenvalue weighted by atomic mass is 10.2. The number of nitrogen functional groups attached to an aromatic ring is 1. The van der Waals surface area contributed by atoms with E-state index in [4.69, 9.17) is 15.7 Å². The van der Waals surface area contributed by atoms with Crippen LogP contribution in [-0.4, -0.2) is 42.4 Å². The van der Waals surface area contributed by atoms with Crippen LogP contribution >= 0.6 is 0 Å². The summed E-state index contributed by atoms with van der Waals surface area (Å²) in [6.07, 6.45) is 4.23. The Balaban J connectivity index is 2.69. The van der Waals surface area contributed by atoms with E-state index in [2.05, 4.69) is 15.4 Å². The van der Waals surface area contributed by atoms with Crippen LogP contribution < -0.4 is 20.9 Å². The summed E-state index contributed by atoms with van der Waals surface area (Å²) < 4.78 is 5.27. The molecule has 0 radical (unpaired) electrons. The number of aliphatic hydroxyl groups excluding tert-OH is 1. The fourth-order valence-corrected chi connectivity index (χ4v) is 1.67. The predicted octanol–water partition coefficient (Wildman–Crippen LogP) is 0.370. The Morgan fingerprint density at radius 2 is 2.17 bits per heavy atom. The molecule has 0 aliphatic carbocycles. The van der Waals surface area contributed by atoms with E-state index in [-0.39, 0.29) is 6.61 Å². The molecule has 0 aliphatic heterocycles. The first-order valence-corrected chi connectivity index (χ1v) is 5.92. The van der Waals surface area contributed by atoms with Crippen molar-refractivity contribution in [3.63, 3.8) is 0 Å². The van der Waals surface area contributed by atoms with Gasteiger partial charge in [-0.2, -0.15) is 0 Å². The molecule has 1 aromatic heterocycles. The largest absolute Gasteiger partial charge is 0.490 e. The van der Waals surface area contributed by atoms with Crippen molar-refractivity contribution in [1.29, 1.82) is 0 Å². The molecule has 0 atom stereocenters. The van der Waals surface area contributed by atoms with Gasteiger partial charge in [-0.05, 0) is 19.3 Å². The molecule has 0 spiro atoms. The first kappa shape index (κ1) is 14.5. The summed E-state index contributed by atoms with van der Waals surface area (Å²) in [6.45, 7) is 1.07. The number of hydrogen-bond acceptors (Lipinski definition) is 7. The van der Waals surface area contributed by atoms with Gasteiger partial charge in [-0.15, -0.1) is 0 Å². The summed E-state index contributed by atoms with van der Waals surface area (Å²) in [5.74, 6) is 7.06. The van der Waals surface area contributed by atoms with Gasteiger partial charge in [-0.3, -0.25) is 0 Å². The van der Waals surface area contributed by atoms with Gasteiger partial charge in [0.15, 0.2) is 11.6 Å². The zero-order chi connectivity index (χ0) is 13.4. The third-order valence-electron chi connectivity index (χ3n) is 2.64. The van der Waals surface area contributed by atoms with Crippen molar-refractivity contribution < 1.29 is 9.84 Å². The van der Waals surface area contributed by atoms with Gasteiger partial charge in [0, 0.05) is 20.2 Å². The van der Waals surface area contributed by atoms with Gasteiger partial charge in [0.2, 0.25) is 5.75 Å². The Bertz CT molecular complexity index is 361. The summed E-state index contributed by atoms with van der Waals surface area (Å²) in [5, 5.41) is 8.72. The number of nitrogens with two attached hydrogens (primary N) is 1. The number of aliphatic hydroxyl groups is 1. The second kappa shape index (κ2) is 7.67. The first-order chi connectivity index (χ1) is 8.74. The van der Waals surface area contributed by atoms with Crippen LogP contribution in [0.15, 0.2) is 6.33 Å². The minimum Gasteiger partial charge on any atom is -0.490 e. The van der Waals surface area contributed by atoms with E-state index in [1.807, 2.05) is 11.9 Å². The summed E-state index contributed by atoms with van der Waals surface area (Å²) >= 11 is 0. The highest BCUT2D eigenvalue weighted by Crippen LogP contribution is 2.30. The molecule has 18 heavy (non-hydrogen) atoms. The fourth-order valence-electron chi connectivity index (χ4n) is 1.67. The monoisotopic (exact) mass is 255 g/mol. The molecule has 0 fully saturated rings. The van der Waals surface area contributed by atoms with Crippen molar-refractivity contribution in [3.05, 3.63) is 6.33 Å². The fraction of sp³-hybridized carbons (Fsp3) is 0.636. The van der Waals surface area contributed by atoms with E-state index in [1.165, 1.54) is 6.33 Å². The highest BCUT2D eigenvalue weighted by molar-refractivity contribution is 5.63. The Morgan fingerprint density at radius 3 is 2.78 bits per heavy atom. The molecule has 0 aromatic carbocycles. The number of hydrogen-bond donors (Lipinski definition) is 3. The van der Waals surface area contributed by atoms with Crippen LogP contribution in [0.1, 0.15) is 19.3 Å². The number of nitrogens with one attached hydrogen (secondary N) is 1. The maximum absolute atomic E-state index is 8.72. The molecule has 0 saturated heterocycles. The van der Waals surface area contributed by atoms with Gasteiger partial charge in [0.1, 0.15) is 6.33 Å². The van der Waals surface area contributed by atoms with E-state index in [9.17, 15) is 0 Å². The smallest absolute Gasteiger partial charge is 0.205 e. The van der Waals surface area contributed by atoms with Crippen molar-refractivity contribution >= 4 is 11.6 Å². The zero-order valence-corrected chi connectivity index (χ0v) is 10.9. The number of aromatic nitrogens is 2. The van der Waals surface area contributed by atoms with Crippen molar-refractivity contribution in [1.82, 2.24) is 9.97 Å². The summed E-state index contributed by atoms with van der Waals surface area (Å²) in [5.41, 5.74) is 2.48. The van der Waals surface area contributed by atoms with E-state index in [0.29, 0.717) is 17.4 Å². The van der Waals surface area contributed by atoms with Crippen LogP contribution in [0.4, 0.5) is 11.6 Å². The molecule has 0 amide bonds. The maximum atomic E-state index is 8.72. The number of hydrazine groups is 1. The molecule has 102 valence electrons. The van der Waals surface area contributed by atoms with E-state index < -0.39 is 0 Å². The van der Waals surface area contributed by atoms with Crippen molar-refractivity contribution in [2.45, 2.75) is 19.3 Å². The minimum atomic E-state index is 0.238. The molecule has 7 nitrogen and oxygen atoms in total. The van der Waals surface area contributed by atoms with Gasteiger partial charge in [-0.25, -0.2) is 15.8 Å². The standard InChI is InChI=1S/C11H21N5O2/c1-16(6-4-3-5-7-17)11-9(18-2)10(15-12)13-8-14-11/h8,17H,3-7,12H2,1-2H3,(H,13,14,15). The van der Waals surface area contributed by atoms with Crippen molar-refractivity contribution in [3.8, 4) is 5.75 Å². The van der Waals surface area contributed by atoms with E-state index >= 15 is 0 Å². The van der Waals surface area contributed by atoms with Crippen LogP contribution in [0, 0.1) is 0 Å². The van der Waals surface area contributed by atoms with Crippen molar-refractivity contribution in [2.24, 2.45) is 5.84 Å². The summed E-state index contributed by atoms with van der Waals surface area (Å²) in [7, 11) is 3.49. The third kappa shape index (κ3) is 3.71. The number of unbranched alkanes of at least 4 members (excludes halogenated alkanes) is 2. The van der Waals surface area contributed by atoms with Crippen LogP contribution in [0.5, 0.6) is 5.75 Å². The SMILES string of the molecule is COc1c(NN)ncnc1N(C)CCCCCO. The van der Waals surface area contributed by atoms with E-state index in [1.54, 1.807) is 7.11 Å². The molecule has 0 unspecified atom stereocenters. The van der Waals surface area contributed by atoms with Gasteiger partial charge < -0.3 is 20.2 Å². The topological polar surface area (TPSA) is 96.5 Å². The van der Waals surface area contributed by atoms with Gasteiger partial charge in [0.25, 0.3) is 0 Å². The Kier molecular flexibility index (Phi) is 6.16.